The van der Waals surface area contributed by atoms with E-state index in [1.165, 1.54) is 26.0 Å². The van der Waals surface area contributed by atoms with Gasteiger partial charge in [0, 0.05) is 6.92 Å². The number of carbonyl (C=O) groups excluding carboxylic acids is 1. The van der Waals surface area contributed by atoms with Crippen molar-refractivity contribution in [3.05, 3.63) is 60.2 Å². The zero-order valence-electron chi connectivity index (χ0n) is 14.6. The first-order valence-electron chi connectivity index (χ1n) is 7.62. The molecule has 0 saturated carbocycles. The van der Waals surface area contributed by atoms with Crippen LogP contribution in [-0.2, 0) is 19.6 Å². The minimum atomic E-state index is -3.96. The molecule has 1 N–H and O–H groups in total. The highest BCUT2D eigenvalue weighted by atomic mass is 35.5. The number of hydrogen-bond donors (Lipinski definition) is 1. The van der Waals surface area contributed by atoms with Crippen molar-refractivity contribution in [2.24, 2.45) is 0 Å². The minimum absolute atomic E-state index is 0.0649. The van der Waals surface area contributed by atoms with Gasteiger partial charge in [0.15, 0.2) is 0 Å². The van der Waals surface area contributed by atoms with Gasteiger partial charge in [-0.3, -0.25) is 9.10 Å². The van der Waals surface area contributed by atoms with Gasteiger partial charge in [0.2, 0.25) is 5.24 Å². The van der Waals surface area contributed by atoms with E-state index in [4.69, 9.17) is 0 Å². The van der Waals surface area contributed by atoms with Crippen molar-refractivity contribution in [1.29, 1.82) is 0 Å². The van der Waals surface area contributed by atoms with Crippen molar-refractivity contribution in [2.45, 2.75) is 31.7 Å². The quantitative estimate of drug-likeness (QED) is 0.780. The van der Waals surface area contributed by atoms with Gasteiger partial charge in [-0.15, -0.1) is 0 Å². The summed E-state index contributed by atoms with van der Waals surface area (Å²) in [5.41, 5.74) is 1.24. The van der Waals surface area contributed by atoms with Crippen molar-refractivity contribution in [3.8, 4) is 0 Å². The molecule has 0 aliphatic heterocycles. The summed E-state index contributed by atoms with van der Waals surface area (Å²) >= 11 is 4.64. The number of carboxylic acids is 1. The van der Waals surface area contributed by atoms with Crippen LogP contribution >= 0.6 is 11.6 Å². The number of rotatable bonds is 5. The number of benzene rings is 2. The van der Waals surface area contributed by atoms with Crippen molar-refractivity contribution in [2.75, 3.05) is 4.31 Å². The molecule has 0 bridgehead atoms. The van der Waals surface area contributed by atoms with Gasteiger partial charge in [0.1, 0.15) is 6.04 Å². The molecule has 26 heavy (non-hydrogen) atoms. The molecule has 0 saturated heterocycles. The van der Waals surface area contributed by atoms with Crippen LogP contribution in [0, 0.1) is 6.92 Å². The highest BCUT2D eigenvalue weighted by molar-refractivity contribution is 7.92. The largest absolute Gasteiger partial charge is 0.480 e. The third-order valence-corrected chi connectivity index (χ3v) is 5.21. The number of halogens is 1. The second-order valence-electron chi connectivity index (χ2n) is 5.43. The molecule has 0 amide bonds. The molecule has 6 nitrogen and oxygen atoms in total. The van der Waals surface area contributed by atoms with E-state index < -0.39 is 22.0 Å². The van der Waals surface area contributed by atoms with E-state index in [2.05, 4.69) is 11.6 Å². The number of nitrogens with zero attached hydrogens (tertiary/aromatic N) is 1. The molecular weight excluding hydrogens is 378 g/mol. The molecule has 2 aromatic rings. The fourth-order valence-corrected chi connectivity index (χ4v) is 3.68. The fourth-order valence-electron chi connectivity index (χ4n) is 2.07. The van der Waals surface area contributed by atoms with Crippen LogP contribution in [0.1, 0.15) is 19.4 Å². The zero-order chi connectivity index (χ0) is 19.9. The van der Waals surface area contributed by atoms with E-state index in [9.17, 15) is 23.1 Å². The Hall–Kier alpha value is -2.38. The van der Waals surface area contributed by atoms with Crippen LogP contribution in [-0.4, -0.2) is 30.8 Å². The summed E-state index contributed by atoms with van der Waals surface area (Å²) in [5, 5.41) is 8.90. The first-order valence-corrected chi connectivity index (χ1v) is 9.44. The van der Waals surface area contributed by atoms with Gasteiger partial charge < -0.3 is 5.11 Å². The number of aliphatic carboxylic acids is 1. The Morgan fingerprint density at radius 1 is 1.04 bits per heavy atom. The standard InChI is InChI=1S/C16H17NO4S.C2H3ClO/c1-12-8-10-15(11-9-12)22(20,21)17(13(2)16(18)19)14-6-4-3-5-7-14;1-2(3)4/h3-11,13H,1-2H3,(H,18,19);1H3/t13-;/m0./s1. The van der Waals surface area contributed by atoms with Gasteiger partial charge in [-0.25, -0.2) is 13.2 Å². The third-order valence-electron chi connectivity index (χ3n) is 3.30. The summed E-state index contributed by atoms with van der Waals surface area (Å²) in [4.78, 5) is 20.6. The molecule has 1 atom stereocenters. The lowest BCUT2D eigenvalue weighted by Gasteiger charge is -2.28. The number of anilines is 1. The molecule has 0 fully saturated rings. The Kier molecular flexibility index (Phi) is 7.79. The van der Waals surface area contributed by atoms with E-state index in [0.717, 1.165) is 9.87 Å². The molecule has 0 unspecified atom stereocenters. The molecular formula is C18H20ClNO5S. The summed E-state index contributed by atoms with van der Waals surface area (Å²) in [7, 11) is -3.96. The number of para-hydroxylation sites is 1. The van der Waals surface area contributed by atoms with E-state index >= 15 is 0 Å². The van der Waals surface area contributed by atoms with Gasteiger partial charge in [-0.2, -0.15) is 0 Å². The zero-order valence-corrected chi connectivity index (χ0v) is 16.2. The highest BCUT2D eigenvalue weighted by Crippen LogP contribution is 2.26. The lowest BCUT2D eigenvalue weighted by molar-refractivity contribution is -0.137. The van der Waals surface area contributed by atoms with Crippen molar-refractivity contribution in [3.63, 3.8) is 0 Å². The van der Waals surface area contributed by atoms with Crippen molar-refractivity contribution >= 4 is 38.5 Å². The Morgan fingerprint density at radius 2 is 1.50 bits per heavy atom. The average Bonchev–Trinajstić information content (AvgIpc) is 2.55. The van der Waals surface area contributed by atoms with Crippen LogP contribution in [0.25, 0.3) is 0 Å². The van der Waals surface area contributed by atoms with Crippen molar-refractivity contribution in [1.82, 2.24) is 0 Å². The maximum atomic E-state index is 12.9. The molecule has 0 heterocycles. The number of sulfonamides is 1. The van der Waals surface area contributed by atoms with Crippen LogP contribution in [0.15, 0.2) is 59.5 Å². The first kappa shape index (κ1) is 21.7. The summed E-state index contributed by atoms with van der Waals surface area (Å²) in [6.07, 6.45) is 0. The highest BCUT2D eigenvalue weighted by Gasteiger charge is 2.33. The van der Waals surface area contributed by atoms with E-state index in [1.807, 2.05) is 6.92 Å². The molecule has 0 aliphatic carbocycles. The van der Waals surface area contributed by atoms with Crippen LogP contribution < -0.4 is 4.31 Å². The molecule has 140 valence electrons. The summed E-state index contributed by atoms with van der Waals surface area (Å²) in [6, 6.07) is 13.3. The molecule has 2 rings (SSSR count). The predicted molar refractivity (Wildman–Crippen MR) is 101 cm³/mol. The van der Waals surface area contributed by atoms with Crippen LogP contribution in [0.4, 0.5) is 5.69 Å². The summed E-state index contributed by atoms with van der Waals surface area (Å²) in [6.45, 7) is 4.49. The van der Waals surface area contributed by atoms with E-state index in [0.29, 0.717) is 5.69 Å². The monoisotopic (exact) mass is 397 g/mol. The lowest BCUT2D eigenvalue weighted by atomic mass is 10.2. The van der Waals surface area contributed by atoms with Crippen LogP contribution in [0.5, 0.6) is 0 Å². The molecule has 2 aromatic carbocycles. The maximum absolute atomic E-state index is 12.9. The molecule has 0 aliphatic rings. The van der Waals surface area contributed by atoms with E-state index in [-0.39, 0.29) is 10.1 Å². The van der Waals surface area contributed by atoms with E-state index in [1.54, 1.807) is 42.5 Å². The minimum Gasteiger partial charge on any atom is -0.480 e. The summed E-state index contributed by atoms with van der Waals surface area (Å²) < 4.78 is 26.6. The number of hydrogen-bond acceptors (Lipinski definition) is 4. The fraction of sp³-hybridized carbons (Fsp3) is 0.222. The second kappa shape index (κ2) is 9.35. The maximum Gasteiger partial charge on any atom is 0.327 e. The SMILES string of the molecule is CC(=O)Cl.Cc1ccc(S(=O)(=O)N(c2ccccc2)[C@@H](C)C(=O)O)cc1. The van der Waals surface area contributed by atoms with Gasteiger partial charge in [-0.1, -0.05) is 35.9 Å². The van der Waals surface area contributed by atoms with Gasteiger partial charge in [0.25, 0.3) is 10.0 Å². The normalized spacial score (nSPS) is 11.7. The van der Waals surface area contributed by atoms with Crippen LogP contribution in [0.2, 0.25) is 0 Å². The molecule has 0 aromatic heterocycles. The molecule has 8 heteroatoms. The smallest absolute Gasteiger partial charge is 0.327 e. The van der Waals surface area contributed by atoms with Crippen molar-refractivity contribution < 1.29 is 23.1 Å². The topological polar surface area (TPSA) is 91.8 Å². The Labute approximate surface area is 158 Å². The Morgan fingerprint density at radius 3 is 1.92 bits per heavy atom. The average molecular weight is 398 g/mol. The van der Waals surface area contributed by atoms with Gasteiger partial charge in [-0.05, 0) is 49.7 Å². The predicted octanol–water partition coefficient (Wildman–Crippen LogP) is 3.44. The van der Waals surface area contributed by atoms with Gasteiger partial charge >= 0.3 is 5.97 Å². The first-order chi connectivity index (χ1) is 12.1. The van der Waals surface area contributed by atoms with Crippen LogP contribution in [0.3, 0.4) is 0 Å². The number of carboxylic acid groups (broad SMARTS) is 1. The second-order valence-corrected chi connectivity index (χ2v) is 7.78. The Balaban J connectivity index is 0.000000765. The number of aryl methyl sites for hydroxylation is 1. The number of carbonyl (C=O) groups is 2. The molecule has 0 radical (unpaired) electrons. The molecule has 0 spiro atoms. The lowest BCUT2D eigenvalue weighted by Crippen LogP contribution is -2.43. The third kappa shape index (κ3) is 5.86. The Bertz CT molecular complexity index is 847. The summed E-state index contributed by atoms with van der Waals surface area (Å²) in [5.74, 6) is -1.21. The van der Waals surface area contributed by atoms with Gasteiger partial charge in [0.05, 0.1) is 10.6 Å².